The summed E-state index contributed by atoms with van der Waals surface area (Å²) >= 11 is 0. The summed E-state index contributed by atoms with van der Waals surface area (Å²) in [4.78, 5) is 0. The molecule has 1 rings (SSSR count). The molecule has 0 saturated heterocycles. The van der Waals surface area contributed by atoms with Crippen molar-refractivity contribution in [3.05, 3.63) is 41.6 Å². The third kappa shape index (κ3) is 4.20. The highest BCUT2D eigenvalue weighted by atomic mass is 28.3. The van der Waals surface area contributed by atoms with Gasteiger partial charge in [-0.05, 0) is 5.56 Å². The summed E-state index contributed by atoms with van der Waals surface area (Å²) in [5.74, 6) is -26.0. The number of hydrogen-bond acceptors (Lipinski definition) is 0. The topological polar surface area (TPSA) is 0 Å². The van der Waals surface area contributed by atoms with Gasteiger partial charge in [0.05, 0.1) is 0 Å². The number of benzene rings is 1. The van der Waals surface area contributed by atoms with Gasteiger partial charge < -0.3 is 0 Å². The average Bonchev–Trinajstić information content (AvgIpc) is 2.60. The summed E-state index contributed by atoms with van der Waals surface area (Å²) < 4.78 is 140. The second kappa shape index (κ2) is 7.96. The molecule has 0 N–H and O–H groups in total. The molecule has 0 aromatic heterocycles. The van der Waals surface area contributed by atoms with E-state index in [0.717, 1.165) is 13.0 Å². The van der Waals surface area contributed by atoms with E-state index in [0.29, 0.717) is 18.8 Å². The summed E-state index contributed by atoms with van der Waals surface area (Å²) in [7, 11) is -4.84. The molecule has 0 nitrogen and oxygen atoms in total. The Morgan fingerprint density at radius 2 is 1.24 bits per heavy atom. The fourth-order valence-electron chi connectivity index (χ4n) is 2.47. The lowest BCUT2D eigenvalue weighted by Crippen LogP contribution is -2.72. The van der Waals surface area contributed by atoms with E-state index in [9.17, 15) is 43.9 Å². The lowest BCUT2D eigenvalue weighted by Gasteiger charge is -2.43. The maximum Gasteiger partial charge on any atom is 0.384 e. The molecule has 0 saturated carbocycles. The van der Waals surface area contributed by atoms with E-state index in [-0.39, 0.29) is 5.56 Å². The number of hydrogen-bond donors (Lipinski definition) is 0. The van der Waals surface area contributed by atoms with Crippen LogP contribution in [0.5, 0.6) is 0 Å². The third-order valence-electron chi connectivity index (χ3n) is 4.51. The van der Waals surface area contributed by atoms with Crippen LogP contribution in [0.25, 0.3) is 6.08 Å². The zero-order valence-corrected chi connectivity index (χ0v) is 16.7. The Morgan fingerprint density at radius 3 is 1.69 bits per heavy atom. The van der Waals surface area contributed by atoms with Gasteiger partial charge in [-0.15, -0.1) is 0 Å². The van der Waals surface area contributed by atoms with Gasteiger partial charge in [-0.25, -0.2) is 8.78 Å². The molecule has 166 valence electrons. The molecule has 0 aliphatic heterocycles. The molecule has 0 bridgehead atoms. The molecule has 1 aromatic rings. The van der Waals surface area contributed by atoms with Crippen LogP contribution in [0.1, 0.15) is 25.3 Å². The van der Waals surface area contributed by atoms with Gasteiger partial charge in [0.2, 0.25) is 0 Å². The van der Waals surface area contributed by atoms with E-state index in [1.165, 1.54) is 24.3 Å². The number of halogens is 10. The fourth-order valence-corrected chi connectivity index (χ4v) is 4.26. The first kappa shape index (κ1) is 25.5. The molecule has 11 heteroatoms. The Hall–Kier alpha value is -1.52. The Morgan fingerprint density at radius 1 is 0.759 bits per heavy atom. The van der Waals surface area contributed by atoms with Crippen LogP contribution in [0, 0.1) is 0 Å². The zero-order chi connectivity index (χ0) is 22.9. The van der Waals surface area contributed by atoms with E-state index in [1.54, 1.807) is 6.07 Å². The van der Waals surface area contributed by atoms with Crippen LogP contribution in [-0.4, -0.2) is 37.3 Å². The molecular formula is C18H20F10Si. The summed E-state index contributed by atoms with van der Waals surface area (Å²) in [6.45, 7) is 2.04. The quantitative estimate of drug-likeness (QED) is 0.268. The van der Waals surface area contributed by atoms with Gasteiger partial charge in [-0.1, -0.05) is 68.5 Å². The van der Waals surface area contributed by atoms with Crippen molar-refractivity contribution in [1.82, 2.24) is 0 Å². The van der Waals surface area contributed by atoms with Crippen LogP contribution < -0.4 is 0 Å². The normalized spacial score (nSPS) is 15.2. The molecule has 0 amide bonds. The van der Waals surface area contributed by atoms with Gasteiger partial charge in [-0.2, -0.15) is 35.1 Å². The first-order valence-corrected chi connectivity index (χ1v) is 11.6. The van der Waals surface area contributed by atoms with Crippen molar-refractivity contribution in [2.24, 2.45) is 0 Å². The van der Waals surface area contributed by atoms with E-state index < -0.39 is 50.2 Å². The number of alkyl halides is 10. The predicted octanol–water partition coefficient (Wildman–Crippen LogP) is 7.46. The molecule has 0 unspecified atom stereocenters. The highest BCUT2D eigenvalue weighted by Crippen LogP contribution is 2.59. The first-order chi connectivity index (χ1) is 12.9. The Kier molecular flexibility index (Phi) is 7.00. The van der Waals surface area contributed by atoms with Crippen LogP contribution >= 0.6 is 0 Å². The van der Waals surface area contributed by atoms with Crippen molar-refractivity contribution >= 4 is 14.1 Å². The van der Waals surface area contributed by atoms with Gasteiger partial charge in [0.15, 0.2) is 8.07 Å². The van der Waals surface area contributed by atoms with Gasteiger partial charge in [0, 0.05) is 6.42 Å². The largest absolute Gasteiger partial charge is 0.384 e. The average molecular weight is 454 g/mol. The Labute approximate surface area is 162 Å². The smallest absolute Gasteiger partial charge is 0.204 e. The number of rotatable bonds is 9. The van der Waals surface area contributed by atoms with Crippen LogP contribution in [-0.2, 0) is 0 Å². The van der Waals surface area contributed by atoms with Crippen LogP contribution in [0.15, 0.2) is 36.0 Å². The van der Waals surface area contributed by atoms with Gasteiger partial charge in [0.1, 0.15) is 0 Å². The van der Waals surface area contributed by atoms with Crippen molar-refractivity contribution in [1.29, 1.82) is 0 Å². The van der Waals surface area contributed by atoms with Crippen LogP contribution in [0.2, 0.25) is 13.1 Å². The highest BCUT2D eigenvalue weighted by Gasteiger charge is 2.87. The van der Waals surface area contributed by atoms with E-state index in [1.807, 2.05) is 0 Å². The van der Waals surface area contributed by atoms with E-state index >= 15 is 0 Å². The Bertz CT molecular complexity index is 711. The monoisotopic (exact) mass is 454 g/mol. The molecule has 0 aliphatic carbocycles. The van der Waals surface area contributed by atoms with Crippen molar-refractivity contribution in [2.75, 3.05) is 0 Å². The fraction of sp³-hybridized carbons (Fsp3) is 0.556. The SMILES string of the molecule is CCCC(F)(F)C(F)(F)C(F)(F)C(F)(F)C(F)(F)[Si](C)(C)C=Cc1ccccc1. The molecule has 0 radical (unpaired) electrons. The standard InChI is InChI=1S/C18H20F10Si/c1-4-11-14(19,20)15(21,22)16(23,24)17(25,26)18(27,28)29(2,3)12-10-13-8-6-5-7-9-13/h5-10,12H,4,11H2,1-3H3. The molecule has 0 atom stereocenters. The molecule has 0 heterocycles. The molecular weight excluding hydrogens is 434 g/mol. The zero-order valence-electron chi connectivity index (χ0n) is 15.7. The van der Waals surface area contributed by atoms with Crippen molar-refractivity contribution in [3.8, 4) is 0 Å². The summed E-state index contributed by atoms with van der Waals surface area (Å²) in [5, 5.41) is 0. The van der Waals surface area contributed by atoms with E-state index in [4.69, 9.17) is 0 Å². The van der Waals surface area contributed by atoms with Gasteiger partial charge in [-0.3, -0.25) is 0 Å². The predicted molar refractivity (Wildman–Crippen MR) is 92.6 cm³/mol. The van der Waals surface area contributed by atoms with Crippen LogP contribution in [0.3, 0.4) is 0 Å². The lowest BCUT2D eigenvalue weighted by molar-refractivity contribution is -0.391. The van der Waals surface area contributed by atoms with Crippen molar-refractivity contribution in [2.45, 2.75) is 62.1 Å². The van der Waals surface area contributed by atoms with Gasteiger partial charge in [0.25, 0.3) is 5.55 Å². The second-order valence-electron chi connectivity index (χ2n) is 7.22. The summed E-state index contributed by atoms with van der Waals surface area (Å²) in [6.07, 6.45) is -1.65. The molecule has 0 spiro atoms. The highest BCUT2D eigenvalue weighted by molar-refractivity contribution is 6.85. The molecule has 0 aliphatic rings. The molecule has 29 heavy (non-hydrogen) atoms. The van der Waals surface area contributed by atoms with E-state index in [2.05, 4.69) is 0 Å². The maximum atomic E-state index is 14.5. The third-order valence-corrected chi connectivity index (χ3v) is 7.44. The molecule has 0 fully saturated rings. The van der Waals surface area contributed by atoms with Crippen molar-refractivity contribution < 1.29 is 43.9 Å². The minimum Gasteiger partial charge on any atom is -0.204 e. The maximum absolute atomic E-state index is 14.5. The van der Waals surface area contributed by atoms with Crippen LogP contribution in [0.4, 0.5) is 43.9 Å². The molecule has 1 aromatic carbocycles. The summed E-state index contributed by atoms with van der Waals surface area (Å²) in [5.41, 5.74) is -4.81. The lowest BCUT2D eigenvalue weighted by atomic mass is 9.96. The Balaban J connectivity index is 3.40. The summed E-state index contributed by atoms with van der Waals surface area (Å²) in [6, 6.07) is 7.37. The minimum absolute atomic E-state index is 0.277. The van der Waals surface area contributed by atoms with Gasteiger partial charge >= 0.3 is 23.7 Å². The second-order valence-corrected chi connectivity index (χ2v) is 11.6. The first-order valence-electron chi connectivity index (χ1n) is 8.52. The minimum atomic E-state index is -6.99. The van der Waals surface area contributed by atoms with Crippen molar-refractivity contribution in [3.63, 3.8) is 0 Å².